The zero-order chi connectivity index (χ0) is 14.8. The lowest BCUT2D eigenvalue weighted by Crippen LogP contribution is -2.22. The third kappa shape index (κ3) is 2.96. The predicted molar refractivity (Wildman–Crippen MR) is 81.1 cm³/mol. The Kier molecular flexibility index (Phi) is 3.98. The number of halogens is 1. The average Bonchev–Trinajstić information content (AvgIpc) is 3.12. The third-order valence-corrected chi connectivity index (χ3v) is 3.81. The van der Waals surface area contributed by atoms with Crippen molar-refractivity contribution in [1.29, 1.82) is 0 Å². The number of furan rings is 1. The Morgan fingerprint density at radius 3 is 3.00 bits per heavy atom. The van der Waals surface area contributed by atoms with Gasteiger partial charge in [0.25, 0.3) is 5.91 Å². The standard InChI is InChI=1S/C15H15BrN2O3/c16-11-5-9-3-4-20-14(9)10(6-11)8-18-15(19)13-2-1-12(7-17)21-13/h1-2,5-6H,3-4,7-8,17H2,(H,18,19). The Hall–Kier alpha value is -1.79. The van der Waals surface area contributed by atoms with Gasteiger partial charge in [-0.1, -0.05) is 15.9 Å². The highest BCUT2D eigenvalue weighted by Crippen LogP contribution is 2.32. The molecule has 0 spiro atoms. The number of benzene rings is 1. The first-order chi connectivity index (χ1) is 10.2. The van der Waals surface area contributed by atoms with Crippen LogP contribution >= 0.6 is 15.9 Å². The zero-order valence-electron chi connectivity index (χ0n) is 11.3. The van der Waals surface area contributed by atoms with Gasteiger partial charge in [-0.25, -0.2) is 0 Å². The molecule has 0 atom stereocenters. The highest BCUT2D eigenvalue weighted by atomic mass is 79.9. The van der Waals surface area contributed by atoms with Crippen molar-refractivity contribution in [2.75, 3.05) is 6.61 Å². The monoisotopic (exact) mass is 350 g/mol. The summed E-state index contributed by atoms with van der Waals surface area (Å²) in [4.78, 5) is 12.0. The van der Waals surface area contributed by atoms with E-state index in [4.69, 9.17) is 14.9 Å². The molecule has 110 valence electrons. The minimum Gasteiger partial charge on any atom is -0.493 e. The van der Waals surface area contributed by atoms with E-state index >= 15 is 0 Å². The molecule has 0 radical (unpaired) electrons. The topological polar surface area (TPSA) is 77.5 Å². The van der Waals surface area contributed by atoms with E-state index in [-0.39, 0.29) is 18.2 Å². The molecule has 1 aromatic heterocycles. The summed E-state index contributed by atoms with van der Waals surface area (Å²) in [5.41, 5.74) is 7.58. The fourth-order valence-corrected chi connectivity index (χ4v) is 2.90. The molecule has 1 aliphatic heterocycles. The minimum atomic E-state index is -0.263. The summed E-state index contributed by atoms with van der Waals surface area (Å²) in [5.74, 6) is 1.47. The SMILES string of the molecule is NCc1ccc(C(=O)NCc2cc(Br)cc3c2OCC3)o1. The number of ether oxygens (including phenoxy) is 1. The van der Waals surface area contributed by atoms with Crippen LogP contribution in [-0.2, 0) is 19.5 Å². The maximum Gasteiger partial charge on any atom is 0.287 e. The zero-order valence-corrected chi connectivity index (χ0v) is 12.9. The lowest BCUT2D eigenvalue weighted by Gasteiger charge is -2.09. The van der Waals surface area contributed by atoms with E-state index in [0.717, 1.165) is 27.8 Å². The number of carbonyl (C=O) groups excluding carboxylic acids is 1. The Morgan fingerprint density at radius 1 is 1.38 bits per heavy atom. The van der Waals surface area contributed by atoms with Crippen LogP contribution in [0.4, 0.5) is 0 Å². The van der Waals surface area contributed by atoms with Gasteiger partial charge in [-0.3, -0.25) is 4.79 Å². The van der Waals surface area contributed by atoms with Gasteiger partial charge in [0.15, 0.2) is 5.76 Å². The van der Waals surface area contributed by atoms with E-state index in [2.05, 4.69) is 21.2 Å². The van der Waals surface area contributed by atoms with E-state index in [1.165, 1.54) is 0 Å². The maximum absolute atomic E-state index is 12.0. The van der Waals surface area contributed by atoms with Crippen LogP contribution in [0.2, 0.25) is 0 Å². The lowest BCUT2D eigenvalue weighted by molar-refractivity contribution is 0.0921. The van der Waals surface area contributed by atoms with Crippen molar-refractivity contribution < 1.29 is 13.9 Å². The molecule has 3 rings (SSSR count). The second kappa shape index (κ2) is 5.91. The molecule has 1 aliphatic rings. The second-order valence-electron chi connectivity index (χ2n) is 4.80. The first kappa shape index (κ1) is 14.2. The number of hydrogen-bond donors (Lipinski definition) is 2. The quantitative estimate of drug-likeness (QED) is 0.887. The lowest BCUT2D eigenvalue weighted by atomic mass is 10.1. The van der Waals surface area contributed by atoms with Crippen LogP contribution in [0.3, 0.4) is 0 Å². The van der Waals surface area contributed by atoms with Crippen molar-refractivity contribution in [3.8, 4) is 5.75 Å². The van der Waals surface area contributed by atoms with Crippen molar-refractivity contribution in [3.63, 3.8) is 0 Å². The largest absolute Gasteiger partial charge is 0.493 e. The molecular formula is C15H15BrN2O3. The van der Waals surface area contributed by atoms with Crippen molar-refractivity contribution in [1.82, 2.24) is 5.32 Å². The number of carbonyl (C=O) groups is 1. The van der Waals surface area contributed by atoms with Crippen LogP contribution in [-0.4, -0.2) is 12.5 Å². The molecule has 0 bridgehead atoms. The number of fused-ring (bicyclic) bond motifs is 1. The van der Waals surface area contributed by atoms with Crippen molar-refractivity contribution in [2.24, 2.45) is 5.73 Å². The highest BCUT2D eigenvalue weighted by molar-refractivity contribution is 9.10. The van der Waals surface area contributed by atoms with Gasteiger partial charge in [0.2, 0.25) is 0 Å². The van der Waals surface area contributed by atoms with E-state index in [0.29, 0.717) is 18.9 Å². The Morgan fingerprint density at radius 2 is 2.24 bits per heavy atom. The molecule has 1 aromatic carbocycles. The molecule has 5 nitrogen and oxygen atoms in total. The highest BCUT2D eigenvalue weighted by Gasteiger charge is 2.18. The number of hydrogen-bond acceptors (Lipinski definition) is 4. The van der Waals surface area contributed by atoms with Crippen molar-refractivity contribution >= 4 is 21.8 Å². The summed E-state index contributed by atoms with van der Waals surface area (Å²) in [6.45, 7) is 1.35. The molecular weight excluding hydrogens is 336 g/mol. The first-order valence-corrected chi connectivity index (χ1v) is 7.47. The van der Waals surface area contributed by atoms with Gasteiger partial charge >= 0.3 is 0 Å². The van der Waals surface area contributed by atoms with Gasteiger partial charge < -0.3 is 20.2 Å². The Balaban J connectivity index is 1.72. The van der Waals surface area contributed by atoms with Crippen LogP contribution in [0.5, 0.6) is 5.75 Å². The normalized spacial score (nSPS) is 12.9. The number of amides is 1. The van der Waals surface area contributed by atoms with Crippen LogP contribution in [0.1, 0.15) is 27.4 Å². The number of nitrogens with one attached hydrogen (secondary N) is 1. The summed E-state index contributed by atoms with van der Waals surface area (Å²) in [7, 11) is 0. The smallest absolute Gasteiger partial charge is 0.287 e. The van der Waals surface area contributed by atoms with Crippen molar-refractivity contribution in [3.05, 3.63) is 51.4 Å². The van der Waals surface area contributed by atoms with Gasteiger partial charge in [0.1, 0.15) is 11.5 Å². The molecule has 0 saturated heterocycles. The molecule has 0 unspecified atom stereocenters. The summed E-state index contributed by atoms with van der Waals surface area (Å²) in [5, 5.41) is 2.84. The predicted octanol–water partition coefficient (Wildman–Crippen LogP) is 2.37. The van der Waals surface area contributed by atoms with Gasteiger partial charge in [0.05, 0.1) is 13.2 Å². The fourth-order valence-electron chi connectivity index (χ4n) is 2.35. The molecule has 2 aromatic rings. The number of rotatable bonds is 4. The molecule has 0 aliphatic carbocycles. The maximum atomic E-state index is 12.0. The fraction of sp³-hybridized carbons (Fsp3) is 0.267. The molecule has 0 saturated carbocycles. The molecule has 6 heteroatoms. The molecule has 1 amide bonds. The Bertz CT molecular complexity index is 682. The van der Waals surface area contributed by atoms with E-state index in [1.807, 2.05) is 12.1 Å². The van der Waals surface area contributed by atoms with Crippen LogP contribution in [0.25, 0.3) is 0 Å². The summed E-state index contributed by atoms with van der Waals surface area (Å²) >= 11 is 3.48. The molecule has 3 N–H and O–H groups in total. The second-order valence-corrected chi connectivity index (χ2v) is 5.72. The third-order valence-electron chi connectivity index (χ3n) is 3.35. The minimum absolute atomic E-state index is 0.263. The molecule has 2 heterocycles. The van der Waals surface area contributed by atoms with Crippen LogP contribution in [0.15, 0.2) is 33.2 Å². The number of nitrogens with two attached hydrogens (primary N) is 1. The van der Waals surface area contributed by atoms with Gasteiger partial charge in [-0.2, -0.15) is 0 Å². The molecule has 0 fully saturated rings. The van der Waals surface area contributed by atoms with Gasteiger partial charge in [-0.15, -0.1) is 0 Å². The average molecular weight is 351 g/mol. The van der Waals surface area contributed by atoms with Crippen molar-refractivity contribution in [2.45, 2.75) is 19.5 Å². The van der Waals surface area contributed by atoms with Crippen LogP contribution < -0.4 is 15.8 Å². The van der Waals surface area contributed by atoms with E-state index in [1.54, 1.807) is 12.1 Å². The summed E-state index contributed by atoms with van der Waals surface area (Å²) in [6, 6.07) is 7.33. The van der Waals surface area contributed by atoms with E-state index < -0.39 is 0 Å². The summed E-state index contributed by atoms with van der Waals surface area (Å²) < 4.78 is 11.9. The summed E-state index contributed by atoms with van der Waals surface area (Å²) in [6.07, 6.45) is 0.897. The van der Waals surface area contributed by atoms with Gasteiger partial charge in [-0.05, 0) is 29.8 Å². The van der Waals surface area contributed by atoms with Crippen LogP contribution in [0, 0.1) is 0 Å². The Labute approximate surface area is 130 Å². The molecule has 21 heavy (non-hydrogen) atoms. The van der Waals surface area contributed by atoms with Gasteiger partial charge in [0, 0.05) is 23.0 Å². The first-order valence-electron chi connectivity index (χ1n) is 6.68. The van der Waals surface area contributed by atoms with E-state index in [9.17, 15) is 4.79 Å².